The number of halogens is 2. The van der Waals surface area contributed by atoms with Crippen LogP contribution < -0.4 is 14.9 Å². The summed E-state index contributed by atoms with van der Waals surface area (Å²) in [4.78, 5) is 39.4. The van der Waals surface area contributed by atoms with Crippen LogP contribution in [0.1, 0.15) is 33.3 Å². The number of amides is 1. The van der Waals surface area contributed by atoms with Gasteiger partial charge in [0, 0.05) is 43.7 Å². The Labute approximate surface area is 258 Å². The first kappa shape index (κ1) is 29.5. The van der Waals surface area contributed by atoms with Crippen molar-refractivity contribution in [3.05, 3.63) is 121 Å². The summed E-state index contributed by atoms with van der Waals surface area (Å²) in [6.45, 7) is 2.07. The number of aromatic amines is 1. The zero-order chi connectivity index (χ0) is 30.5. The molecule has 0 aliphatic rings. The maximum absolute atomic E-state index is 13.3. The molecule has 0 radical (unpaired) electrons. The number of ether oxygens (including phenoxy) is 2. The molecule has 0 spiro atoms. The van der Waals surface area contributed by atoms with Crippen LogP contribution in [0.25, 0.3) is 22.0 Å². The summed E-state index contributed by atoms with van der Waals surface area (Å²) >= 11 is 9.99. The molecule has 12 heteroatoms. The molecular weight excluding hydrogens is 640 g/mol. The third-order valence-corrected chi connectivity index (χ3v) is 7.12. The van der Waals surface area contributed by atoms with Gasteiger partial charge >= 0.3 is 5.97 Å². The number of non-ortho nitro benzene ring substituents is 1. The number of rotatable bonds is 9. The molecule has 216 valence electrons. The Hall–Kier alpha value is -5.00. The molecule has 0 saturated heterocycles. The second-order valence-electron chi connectivity index (χ2n) is 9.08. The number of hydrogen-bond acceptors (Lipinski definition) is 7. The lowest BCUT2D eigenvalue weighted by Gasteiger charge is -2.11. The Kier molecular flexibility index (Phi) is 8.84. The van der Waals surface area contributed by atoms with E-state index in [0.717, 1.165) is 15.4 Å². The normalized spacial score (nSPS) is 11.0. The standard InChI is InChI=1S/C31H22BrClN4O6/c1-2-42-27-15-18(7-14-26(27)43-31(39)19-8-11-21(12-9-19)37(40)41)17-34-36-30(38)29-28(22-5-3-4-6-24(22)33)23-16-20(32)10-13-25(23)35-29/h3-17,35H,2H2,1H3,(H,36,38). The Balaban J connectivity index is 1.36. The quantitative estimate of drug-likeness (QED) is 0.0551. The number of carbonyl (C=O) groups excluding carboxylic acids is 2. The molecule has 5 aromatic rings. The first-order valence-electron chi connectivity index (χ1n) is 12.9. The Morgan fingerprint density at radius 3 is 2.53 bits per heavy atom. The Bertz CT molecular complexity index is 1890. The van der Waals surface area contributed by atoms with Crippen LogP contribution in [0.4, 0.5) is 5.69 Å². The van der Waals surface area contributed by atoms with Crippen LogP contribution in [-0.2, 0) is 0 Å². The fraction of sp³-hybridized carbons (Fsp3) is 0.0645. The van der Waals surface area contributed by atoms with E-state index in [0.29, 0.717) is 34.0 Å². The van der Waals surface area contributed by atoms with E-state index in [9.17, 15) is 19.7 Å². The number of nitrogens with one attached hydrogen (secondary N) is 2. The smallest absolute Gasteiger partial charge is 0.343 e. The van der Waals surface area contributed by atoms with Gasteiger partial charge in [-0.3, -0.25) is 14.9 Å². The SMILES string of the molecule is CCOc1cc(C=NNC(=O)c2[nH]c3ccc(Br)cc3c2-c2ccccc2Cl)ccc1OC(=O)c1ccc([N+](=O)[O-])cc1. The molecule has 0 aliphatic heterocycles. The monoisotopic (exact) mass is 660 g/mol. The molecule has 0 fully saturated rings. The van der Waals surface area contributed by atoms with E-state index in [4.69, 9.17) is 21.1 Å². The highest BCUT2D eigenvalue weighted by molar-refractivity contribution is 9.10. The number of benzene rings is 4. The lowest BCUT2D eigenvalue weighted by atomic mass is 10.0. The Morgan fingerprint density at radius 2 is 1.81 bits per heavy atom. The molecule has 0 saturated carbocycles. The van der Waals surface area contributed by atoms with E-state index >= 15 is 0 Å². The van der Waals surface area contributed by atoms with Crippen molar-refractivity contribution in [3.63, 3.8) is 0 Å². The van der Waals surface area contributed by atoms with Gasteiger partial charge in [-0.2, -0.15) is 5.10 Å². The summed E-state index contributed by atoms with van der Waals surface area (Å²) in [5.41, 5.74) is 5.51. The molecule has 0 atom stereocenters. The minimum Gasteiger partial charge on any atom is -0.490 e. The minimum atomic E-state index is -0.704. The van der Waals surface area contributed by atoms with Gasteiger partial charge in [-0.25, -0.2) is 10.2 Å². The highest BCUT2D eigenvalue weighted by Crippen LogP contribution is 2.37. The van der Waals surface area contributed by atoms with Gasteiger partial charge in [-0.1, -0.05) is 45.7 Å². The van der Waals surface area contributed by atoms with Crippen molar-refractivity contribution < 1.29 is 24.0 Å². The van der Waals surface area contributed by atoms with Gasteiger partial charge in [0.1, 0.15) is 5.69 Å². The number of aromatic nitrogens is 1. The van der Waals surface area contributed by atoms with Crippen molar-refractivity contribution >= 4 is 62.2 Å². The summed E-state index contributed by atoms with van der Waals surface area (Å²) in [6, 6.07) is 22.8. The van der Waals surface area contributed by atoms with Gasteiger partial charge < -0.3 is 14.5 Å². The Morgan fingerprint density at radius 1 is 1.05 bits per heavy atom. The molecule has 0 aliphatic carbocycles. The van der Waals surface area contributed by atoms with E-state index in [-0.39, 0.29) is 22.7 Å². The van der Waals surface area contributed by atoms with Crippen molar-refractivity contribution in [1.82, 2.24) is 10.4 Å². The van der Waals surface area contributed by atoms with Crippen LogP contribution in [0.5, 0.6) is 11.5 Å². The van der Waals surface area contributed by atoms with E-state index in [1.54, 1.807) is 25.1 Å². The predicted molar refractivity (Wildman–Crippen MR) is 167 cm³/mol. The highest BCUT2D eigenvalue weighted by atomic mass is 79.9. The largest absolute Gasteiger partial charge is 0.490 e. The van der Waals surface area contributed by atoms with Gasteiger partial charge in [-0.15, -0.1) is 0 Å². The molecule has 5 rings (SSSR count). The summed E-state index contributed by atoms with van der Waals surface area (Å²) in [6.07, 6.45) is 1.43. The maximum Gasteiger partial charge on any atom is 0.343 e. The first-order valence-corrected chi connectivity index (χ1v) is 14.0. The maximum atomic E-state index is 13.3. The topological polar surface area (TPSA) is 136 Å². The van der Waals surface area contributed by atoms with Gasteiger partial charge in [0.25, 0.3) is 11.6 Å². The lowest BCUT2D eigenvalue weighted by molar-refractivity contribution is -0.384. The molecule has 1 heterocycles. The average Bonchev–Trinajstić information content (AvgIpc) is 3.37. The lowest BCUT2D eigenvalue weighted by Crippen LogP contribution is -2.19. The molecular formula is C31H22BrClN4O6. The average molecular weight is 662 g/mol. The number of carbonyl (C=O) groups is 2. The fourth-order valence-corrected chi connectivity index (χ4v) is 4.93. The van der Waals surface area contributed by atoms with Gasteiger partial charge in [0.05, 0.1) is 23.3 Å². The van der Waals surface area contributed by atoms with Crippen LogP contribution in [0.3, 0.4) is 0 Å². The minimum absolute atomic E-state index is 0.139. The van der Waals surface area contributed by atoms with Crippen LogP contribution in [-0.4, -0.2) is 34.6 Å². The molecule has 4 aromatic carbocycles. The number of hydrazone groups is 1. The third kappa shape index (κ3) is 6.58. The van der Waals surface area contributed by atoms with Crippen LogP contribution in [0.15, 0.2) is 94.5 Å². The second kappa shape index (κ2) is 12.9. The van der Waals surface area contributed by atoms with E-state index in [1.165, 1.54) is 36.5 Å². The number of fused-ring (bicyclic) bond motifs is 1. The van der Waals surface area contributed by atoms with Gasteiger partial charge in [-0.05, 0) is 67.1 Å². The second-order valence-corrected chi connectivity index (χ2v) is 10.4. The zero-order valence-corrected chi connectivity index (χ0v) is 24.8. The van der Waals surface area contributed by atoms with Crippen LogP contribution in [0, 0.1) is 10.1 Å². The summed E-state index contributed by atoms with van der Waals surface area (Å²) in [5, 5.41) is 16.3. The van der Waals surface area contributed by atoms with E-state index in [1.807, 2.05) is 36.4 Å². The number of nitro benzene ring substituents is 1. The molecule has 43 heavy (non-hydrogen) atoms. The van der Waals surface area contributed by atoms with Crippen molar-refractivity contribution in [1.29, 1.82) is 0 Å². The van der Waals surface area contributed by atoms with Crippen LogP contribution in [0.2, 0.25) is 5.02 Å². The number of nitro groups is 1. The molecule has 1 aromatic heterocycles. The summed E-state index contributed by atoms with van der Waals surface area (Å²) in [5.74, 6) is -0.753. The van der Waals surface area contributed by atoms with Crippen molar-refractivity contribution in [2.24, 2.45) is 5.10 Å². The van der Waals surface area contributed by atoms with Gasteiger partial charge in [0.2, 0.25) is 0 Å². The van der Waals surface area contributed by atoms with Crippen molar-refractivity contribution in [2.45, 2.75) is 6.92 Å². The molecule has 10 nitrogen and oxygen atoms in total. The number of esters is 1. The molecule has 2 N–H and O–H groups in total. The molecule has 1 amide bonds. The van der Waals surface area contributed by atoms with Crippen LogP contribution >= 0.6 is 27.5 Å². The highest BCUT2D eigenvalue weighted by Gasteiger charge is 2.21. The number of nitrogens with zero attached hydrogens (tertiary/aromatic N) is 2. The predicted octanol–water partition coefficient (Wildman–Crippen LogP) is 7.54. The van der Waals surface area contributed by atoms with E-state index < -0.39 is 16.8 Å². The first-order chi connectivity index (χ1) is 20.7. The van der Waals surface area contributed by atoms with Gasteiger partial charge in [0.15, 0.2) is 11.5 Å². The number of hydrogen-bond donors (Lipinski definition) is 2. The number of H-pyrrole nitrogens is 1. The summed E-state index contributed by atoms with van der Waals surface area (Å²) in [7, 11) is 0. The zero-order valence-electron chi connectivity index (χ0n) is 22.5. The molecule has 0 unspecified atom stereocenters. The third-order valence-electron chi connectivity index (χ3n) is 6.29. The summed E-state index contributed by atoms with van der Waals surface area (Å²) < 4.78 is 12.0. The van der Waals surface area contributed by atoms with E-state index in [2.05, 4.69) is 31.4 Å². The fourth-order valence-electron chi connectivity index (χ4n) is 4.34. The van der Waals surface area contributed by atoms with Crippen molar-refractivity contribution in [3.8, 4) is 22.6 Å². The van der Waals surface area contributed by atoms with Crippen molar-refractivity contribution in [2.75, 3.05) is 6.61 Å². The molecule has 0 bridgehead atoms.